The van der Waals surface area contributed by atoms with Gasteiger partial charge in [0.1, 0.15) is 16.2 Å². The summed E-state index contributed by atoms with van der Waals surface area (Å²) in [5.41, 5.74) is 8.92. The van der Waals surface area contributed by atoms with Gasteiger partial charge in [-0.2, -0.15) is 5.10 Å². The van der Waals surface area contributed by atoms with Gasteiger partial charge >= 0.3 is 0 Å². The van der Waals surface area contributed by atoms with Gasteiger partial charge in [-0.25, -0.2) is 17.9 Å². The highest BCUT2D eigenvalue weighted by Gasteiger charge is 2.25. The monoisotopic (exact) mass is 495 g/mol. The highest BCUT2D eigenvalue weighted by molar-refractivity contribution is 7.90. The van der Waals surface area contributed by atoms with Gasteiger partial charge in [0, 0.05) is 48.6 Å². The van der Waals surface area contributed by atoms with E-state index in [4.69, 9.17) is 4.74 Å². The van der Waals surface area contributed by atoms with Gasteiger partial charge in [0.05, 0.1) is 24.2 Å². The molecule has 1 saturated heterocycles. The summed E-state index contributed by atoms with van der Waals surface area (Å²) < 4.78 is 31.2. The van der Waals surface area contributed by atoms with Crippen molar-refractivity contribution >= 4 is 26.4 Å². The molecule has 4 aromatic rings. The second kappa shape index (κ2) is 9.04. The molecular formula is C26H33N5O3S. The van der Waals surface area contributed by atoms with Crippen LogP contribution in [0.1, 0.15) is 48.1 Å². The Morgan fingerprint density at radius 3 is 2.77 bits per heavy atom. The molecule has 1 aliphatic rings. The molecule has 1 atom stereocenters. The molecule has 1 aliphatic heterocycles. The van der Waals surface area contributed by atoms with Gasteiger partial charge in [0.25, 0.3) is 0 Å². The number of benzene rings is 1. The van der Waals surface area contributed by atoms with E-state index in [2.05, 4.69) is 72.1 Å². The molecule has 35 heavy (non-hydrogen) atoms. The maximum atomic E-state index is 11.6. The Morgan fingerprint density at radius 1 is 1.23 bits per heavy atom. The summed E-state index contributed by atoms with van der Waals surface area (Å²) in [7, 11) is -2.99. The summed E-state index contributed by atoms with van der Waals surface area (Å²) in [6, 6.07) is 6.50. The number of hydrogen-bond acceptors (Lipinski definition) is 6. The summed E-state index contributed by atoms with van der Waals surface area (Å²) in [4.78, 5) is 10.3. The lowest BCUT2D eigenvalue weighted by Gasteiger charge is -2.33. The summed E-state index contributed by atoms with van der Waals surface area (Å²) in [6.45, 7) is 11.3. The van der Waals surface area contributed by atoms with Crippen LogP contribution in [0.4, 0.5) is 0 Å². The van der Waals surface area contributed by atoms with E-state index in [1.807, 2.05) is 4.52 Å². The van der Waals surface area contributed by atoms with E-state index in [9.17, 15) is 8.42 Å². The maximum Gasteiger partial charge on any atom is 0.158 e. The number of aryl methyl sites for hydroxylation is 1. The minimum absolute atomic E-state index is 0.0819. The number of aromatic nitrogens is 4. The lowest BCUT2D eigenvalue weighted by molar-refractivity contribution is -0.0278. The lowest BCUT2D eigenvalue weighted by Crippen LogP contribution is -2.40. The highest BCUT2D eigenvalue weighted by Crippen LogP contribution is 2.39. The number of ether oxygens (including phenoxy) is 1. The van der Waals surface area contributed by atoms with Crippen LogP contribution >= 0.6 is 0 Å². The van der Waals surface area contributed by atoms with Gasteiger partial charge in [-0.3, -0.25) is 4.90 Å². The van der Waals surface area contributed by atoms with E-state index < -0.39 is 9.84 Å². The number of aromatic amines is 1. The molecule has 0 spiro atoms. The molecule has 186 valence electrons. The second-order valence-corrected chi connectivity index (χ2v) is 12.2. The Kier molecular flexibility index (Phi) is 6.19. The molecule has 0 radical (unpaired) electrons. The molecule has 9 heteroatoms. The number of pyridine rings is 1. The molecule has 3 aromatic heterocycles. The van der Waals surface area contributed by atoms with Crippen molar-refractivity contribution in [1.29, 1.82) is 0 Å². The summed E-state index contributed by atoms with van der Waals surface area (Å²) in [5, 5.41) is 5.58. The third kappa shape index (κ3) is 4.60. The van der Waals surface area contributed by atoms with Gasteiger partial charge in [0.15, 0.2) is 5.65 Å². The van der Waals surface area contributed by atoms with Gasteiger partial charge in [0.2, 0.25) is 0 Å². The van der Waals surface area contributed by atoms with Gasteiger partial charge in [-0.15, -0.1) is 0 Å². The Bertz CT molecular complexity index is 1500. The van der Waals surface area contributed by atoms with Crippen LogP contribution in [0.5, 0.6) is 0 Å². The number of hydrogen-bond donors (Lipinski definition) is 1. The van der Waals surface area contributed by atoms with Crippen LogP contribution < -0.4 is 0 Å². The molecule has 1 aromatic carbocycles. The van der Waals surface area contributed by atoms with Crippen LogP contribution in [0.15, 0.2) is 30.7 Å². The molecule has 4 heterocycles. The molecule has 1 fully saturated rings. The molecule has 0 bridgehead atoms. The zero-order chi connectivity index (χ0) is 24.9. The fraction of sp³-hybridized carbons (Fsp3) is 0.462. The molecule has 1 unspecified atom stereocenters. The number of sulfone groups is 1. The van der Waals surface area contributed by atoms with Gasteiger partial charge in [-0.05, 0) is 54.2 Å². The first-order chi connectivity index (χ1) is 16.6. The quantitative estimate of drug-likeness (QED) is 0.434. The predicted molar refractivity (Wildman–Crippen MR) is 139 cm³/mol. The van der Waals surface area contributed by atoms with Crippen LogP contribution in [0, 0.1) is 13.8 Å². The number of nitrogens with zero attached hydrogens (tertiary/aromatic N) is 4. The van der Waals surface area contributed by atoms with Crippen molar-refractivity contribution in [1.82, 2.24) is 24.5 Å². The van der Waals surface area contributed by atoms with Crippen LogP contribution in [-0.4, -0.2) is 71.1 Å². The maximum absolute atomic E-state index is 11.6. The fourth-order valence-corrected chi connectivity index (χ4v) is 5.69. The lowest BCUT2D eigenvalue weighted by atomic mass is 9.93. The topological polar surface area (TPSA) is 92.6 Å². The highest BCUT2D eigenvalue weighted by atomic mass is 32.2. The molecule has 0 aliphatic carbocycles. The molecular weight excluding hydrogens is 462 g/mol. The van der Waals surface area contributed by atoms with E-state index in [1.54, 1.807) is 6.33 Å². The first kappa shape index (κ1) is 24.0. The van der Waals surface area contributed by atoms with Gasteiger partial charge < -0.3 is 9.72 Å². The molecule has 1 N–H and O–H groups in total. The first-order valence-electron chi connectivity index (χ1n) is 12.1. The van der Waals surface area contributed by atoms with Crippen molar-refractivity contribution in [2.24, 2.45) is 0 Å². The van der Waals surface area contributed by atoms with E-state index in [-0.39, 0.29) is 11.9 Å². The van der Waals surface area contributed by atoms with Crippen molar-refractivity contribution < 1.29 is 13.2 Å². The van der Waals surface area contributed by atoms with Gasteiger partial charge in [-0.1, -0.05) is 19.9 Å². The Hall–Kier alpha value is -2.75. The SMILES string of the molecule is Cc1c(-c2[nH]c3ccc(C4CN(CCS(C)(=O)=O)CCO4)cc3c2C(C)C)cn2ncnc2c1C. The largest absolute Gasteiger partial charge is 0.371 e. The van der Waals surface area contributed by atoms with Crippen molar-refractivity contribution in [3.8, 4) is 11.3 Å². The average Bonchev–Trinajstić information content (AvgIpc) is 3.44. The molecule has 8 nitrogen and oxygen atoms in total. The van der Waals surface area contributed by atoms with Crippen LogP contribution in [0.2, 0.25) is 0 Å². The van der Waals surface area contributed by atoms with Crippen molar-refractivity contribution in [3.63, 3.8) is 0 Å². The summed E-state index contributed by atoms with van der Waals surface area (Å²) in [5.74, 6) is 0.477. The normalized spacial score (nSPS) is 17.7. The van der Waals surface area contributed by atoms with E-state index in [0.717, 1.165) is 40.1 Å². The number of nitrogens with one attached hydrogen (secondary N) is 1. The van der Waals surface area contributed by atoms with Crippen LogP contribution in [0.25, 0.3) is 27.8 Å². The third-order valence-corrected chi connectivity index (χ3v) is 8.06. The summed E-state index contributed by atoms with van der Waals surface area (Å²) in [6.07, 6.45) is 4.86. The van der Waals surface area contributed by atoms with Crippen molar-refractivity contribution in [2.75, 3.05) is 38.2 Å². The van der Waals surface area contributed by atoms with Crippen LogP contribution in [0.3, 0.4) is 0 Å². The minimum Gasteiger partial charge on any atom is -0.371 e. The average molecular weight is 496 g/mol. The number of H-pyrrole nitrogens is 1. The Morgan fingerprint density at radius 2 is 2.03 bits per heavy atom. The minimum atomic E-state index is -2.99. The second-order valence-electron chi connectivity index (χ2n) is 9.98. The van der Waals surface area contributed by atoms with Crippen molar-refractivity contribution in [3.05, 3.63) is 53.0 Å². The van der Waals surface area contributed by atoms with E-state index in [1.165, 1.54) is 22.8 Å². The predicted octanol–water partition coefficient (Wildman–Crippen LogP) is 4.04. The summed E-state index contributed by atoms with van der Waals surface area (Å²) >= 11 is 0. The molecule has 0 saturated carbocycles. The zero-order valence-corrected chi connectivity index (χ0v) is 21.8. The smallest absolute Gasteiger partial charge is 0.158 e. The Balaban J connectivity index is 1.54. The number of rotatable bonds is 6. The Labute approximate surface area is 206 Å². The first-order valence-corrected chi connectivity index (χ1v) is 14.2. The molecule has 5 rings (SSSR count). The number of fused-ring (bicyclic) bond motifs is 2. The van der Waals surface area contributed by atoms with Crippen LogP contribution in [-0.2, 0) is 14.6 Å². The number of morpholine rings is 1. The van der Waals surface area contributed by atoms with E-state index in [0.29, 0.717) is 25.6 Å². The fourth-order valence-electron chi connectivity index (χ4n) is 5.10. The zero-order valence-electron chi connectivity index (χ0n) is 21.0. The van der Waals surface area contributed by atoms with E-state index >= 15 is 0 Å². The molecule has 0 amide bonds. The van der Waals surface area contributed by atoms with Crippen molar-refractivity contribution in [2.45, 2.75) is 39.7 Å². The standard InChI is InChI=1S/C26H33N5O3S/c1-16(2)24-20-12-19(23-14-30(8-10-34-23)9-11-35(5,32)33)6-7-22(20)29-25(24)21-13-31-26(27-15-28-31)18(4)17(21)3/h6-7,12-13,15-16,23,29H,8-11,14H2,1-5H3. The third-order valence-electron chi connectivity index (χ3n) is 7.14.